The lowest BCUT2D eigenvalue weighted by molar-refractivity contribution is 0.0692. The van der Waals surface area contributed by atoms with E-state index in [1.165, 1.54) is 23.6 Å². The van der Waals surface area contributed by atoms with E-state index in [0.717, 1.165) is 3.79 Å². The summed E-state index contributed by atoms with van der Waals surface area (Å²) in [5, 5.41) is 11.5. The van der Waals surface area contributed by atoms with Crippen LogP contribution in [0.5, 0.6) is 0 Å². The summed E-state index contributed by atoms with van der Waals surface area (Å²) in [6, 6.07) is 4.70. The zero-order chi connectivity index (χ0) is 14.0. The average molecular weight is 406 g/mol. The van der Waals surface area contributed by atoms with Crippen LogP contribution in [0.25, 0.3) is 0 Å². The molecule has 8 heteroatoms. The zero-order valence-corrected chi connectivity index (χ0v) is 13.2. The first-order valence-electron chi connectivity index (χ1n) is 4.93. The van der Waals surface area contributed by atoms with E-state index in [1.807, 2.05) is 0 Å². The highest BCUT2D eigenvalue weighted by Crippen LogP contribution is 2.32. The lowest BCUT2D eigenvalue weighted by atomic mass is 10.2. The summed E-state index contributed by atoms with van der Waals surface area (Å²) in [7, 11) is 0. The van der Waals surface area contributed by atoms with Crippen molar-refractivity contribution in [3.63, 3.8) is 0 Å². The monoisotopic (exact) mass is 404 g/mol. The number of carboxylic acid groups (broad SMARTS) is 1. The van der Waals surface area contributed by atoms with Crippen LogP contribution in [-0.4, -0.2) is 22.0 Å². The fourth-order valence-electron chi connectivity index (χ4n) is 1.36. The molecule has 19 heavy (non-hydrogen) atoms. The van der Waals surface area contributed by atoms with Crippen LogP contribution in [0.1, 0.15) is 20.8 Å². The molecule has 2 heterocycles. The van der Waals surface area contributed by atoms with E-state index >= 15 is 0 Å². The Morgan fingerprint density at radius 2 is 2.11 bits per heavy atom. The minimum atomic E-state index is -1.19. The molecule has 0 aromatic carbocycles. The number of aromatic carboxylic acids is 1. The van der Waals surface area contributed by atoms with E-state index in [4.69, 9.17) is 5.11 Å². The number of halogens is 2. The Bertz CT molecular complexity index is 657. The Kier molecular flexibility index (Phi) is 4.33. The second-order valence-electron chi connectivity index (χ2n) is 3.40. The largest absolute Gasteiger partial charge is 0.476 e. The Morgan fingerprint density at radius 3 is 2.68 bits per heavy atom. The summed E-state index contributed by atoms with van der Waals surface area (Å²) in [4.78, 5) is 26.7. The van der Waals surface area contributed by atoms with Crippen molar-refractivity contribution in [2.24, 2.45) is 0 Å². The number of amides is 1. The number of pyridine rings is 1. The highest BCUT2D eigenvalue weighted by atomic mass is 79.9. The van der Waals surface area contributed by atoms with Crippen molar-refractivity contribution in [1.29, 1.82) is 0 Å². The summed E-state index contributed by atoms with van der Waals surface area (Å²) in [5.74, 6) is -1.59. The van der Waals surface area contributed by atoms with E-state index in [2.05, 4.69) is 42.2 Å². The molecule has 0 aliphatic carbocycles. The number of carbonyl (C=O) groups is 2. The van der Waals surface area contributed by atoms with Crippen LogP contribution in [0.4, 0.5) is 5.69 Å². The molecule has 2 aromatic rings. The Hall–Kier alpha value is -1.25. The standard InChI is InChI=1S/C11H6Br2N2O3S/c12-7-4-5(9(13)19-7)10(16)15-6-2-1-3-14-8(6)11(17)18/h1-4H,(H,15,16)(H,17,18). The van der Waals surface area contributed by atoms with Gasteiger partial charge in [-0.1, -0.05) is 0 Å². The number of carboxylic acids is 1. The number of thiophene rings is 1. The summed E-state index contributed by atoms with van der Waals surface area (Å²) < 4.78 is 1.46. The van der Waals surface area contributed by atoms with Gasteiger partial charge in [-0.2, -0.15) is 0 Å². The van der Waals surface area contributed by atoms with Gasteiger partial charge in [-0.3, -0.25) is 4.79 Å². The number of nitrogens with zero attached hydrogens (tertiary/aromatic N) is 1. The number of hydrogen-bond acceptors (Lipinski definition) is 4. The van der Waals surface area contributed by atoms with Crippen LogP contribution < -0.4 is 5.32 Å². The van der Waals surface area contributed by atoms with E-state index in [1.54, 1.807) is 12.1 Å². The fourth-order valence-corrected chi connectivity index (χ4v) is 4.15. The van der Waals surface area contributed by atoms with Gasteiger partial charge in [0, 0.05) is 6.20 Å². The molecule has 0 radical (unpaired) electrons. The van der Waals surface area contributed by atoms with Crippen LogP contribution >= 0.6 is 43.2 Å². The Balaban J connectivity index is 2.29. The van der Waals surface area contributed by atoms with Crippen LogP contribution in [-0.2, 0) is 0 Å². The maximum absolute atomic E-state index is 12.0. The first kappa shape index (κ1) is 14.2. The van der Waals surface area contributed by atoms with Crippen LogP contribution in [0.2, 0.25) is 0 Å². The van der Waals surface area contributed by atoms with Gasteiger partial charge < -0.3 is 10.4 Å². The van der Waals surface area contributed by atoms with Crippen molar-refractivity contribution < 1.29 is 14.7 Å². The van der Waals surface area contributed by atoms with Gasteiger partial charge in [-0.15, -0.1) is 11.3 Å². The minimum Gasteiger partial charge on any atom is -0.476 e. The van der Waals surface area contributed by atoms with Crippen LogP contribution in [0.15, 0.2) is 32.0 Å². The molecule has 0 fully saturated rings. The molecule has 98 valence electrons. The zero-order valence-electron chi connectivity index (χ0n) is 9.18. The van der Waals surface area contributed by atoms with Crippen molar-refractivity contribution in [2.75, 3.05) is 5.32 Å². The molecular formula is C11H6Br2N2O3S. The predicted molar refractivity (Wildman–Crippen MR) is 78.9 cm³/mol. The molecule has 0 aliphatic rings. The predicted octanol–water partition coefficient (Wildman–Crippen LogP) is 3.62. The fraction of sp³-hybridized carbons (Fsp3) is 0. The van der Waals surface area contributed by atoms with Gasteiger partial charge in [0.2, 0.25) is 0 Å². The van der Waals surface area contributed by atoms with E-state index in [0.29, 0.717) is 9.35 Å². The molecule has 1 amide bonds. The van der Waals surface area contributed by atoms with Gasteiger partial charge >= 0.3 is 5.97 Å². The molecule has 2 N–H and O–H groups in total. The molecule has 2 rings (SSSR count). The molecular weight excluding hydrogens is 400 g/mol. The average Bonchev–Trinajstić information content (AvgIpc) is 2.69. The first-order chi connectivity index (χ1) is 8.99. The highest BCUT2D eigenvalue weighted by Gasteiger charge is 2.17. The van der Waals surface area contributed by atoms with Gasteiger partial charge in [0.1, 0.15) is 0 Å². The molecule has 0 atom stereocenters. The quantitative estimate of drug-likeness (QED) is 0.817. The highest BCUT2D eigenvalue weighted by molar-refractivity contribution is 9.12. The van der Waals surface area contributed by atoms with Gasteiger partial charge in [0.05, 0.1) is 18.8 Å². The molecule has 0 saturated heterocycles. The second kappa shape index (κ2) is 5.81. The SMILES string of the molecule is O=C(Nc1cccnc1C(=O)O)c1cc(Br)sc1Br. The smallest absolute Gasteiger partial charge is 0.356 e. The van der Waals surface area contributed by atoms with Crippen molar-refractivity contribution in [1.82, 2.24) is 4.98 Å². The summed E-state index contributed by atoms with van der Waals surface area (Å²) in [6.45, 7) is 0. The summed E-state index contributed by atoms with van der Waals surface area (Å²) in [5.41, 5.74) is 0.396. The molecule has 5 nitrogen and oxygen atoms in total. The maximum atomic E-state index is 12.0. The van der Waals surface area contributed by atoms with Gasteiger partial charge in [0.25, 0.3) is 5.91 Å². The van der Waals surface area contributed by atoms with Gasteiger partial charge in [-0.25, -0.2) is 9.78 Å². The van der Waals surface area contributed by atoms with E-state index < -0.39 is 11.9 Å². The summed E-state index contributed by atoms with van der Waals surface area (Å²) >= 11 is 7.91. The Morgan fingerprint density at radius 1 is 1.37 bits per heavy atom. The van der Waals surface area contributed by atoms with Crippen molar-refractivity contribution in [3.05, 3.63) is 43.2 Å². The first-order valence-corrected chi connectivity index (χ1v) is 7.34. The third kappa shape index (κ3) is 3.20. The van der Waals surface area contributed by atoms with Crippen molar-refractivity contribution in [2.45, 2.75) is 0 Å². The molecule has 0 saturated carbocycles. The molecule has 2 aromatic heterocycles. The van der Waals surface area contributed by atoms with Crippen LogP contribution in [0, 0.1) is 0 Å². The number of anilines is 1. The molecule has 0 spiro atoms. The topological polar surface area (TPSA) is 79.3 Å². The number of aromatic nitrogens is 1. The van der Waals surface area contributed by atoms with Crippen LogP contribution in [0.3, 0.4) is 0 Å². The third-order valence-corrected chi connectivity index (χ3v) is 4.50. The Labute approximate surface area is 128 Å². The normalized spacial score (nSPS) is 10.2. The number of carbonyl (C=O) groups excluding carboxylic acids is 1. The number of nitrogens with one attached hydrogen (secondary N) is 1. The van der Waals surface area contributed by atoms with Crippen molar-refractivity contribution >= 4 is 60.8 Å². The number of hydrogen-bond donors (Lipinski definition) is 2. The van der Waals surface area contributed by atoms with E-state index in [-0.39, 0.29) is 11.4 Å². The number of rotatable bonds is 3. The van der Waals surface area contributed by atoms with E-state index in [9.17, 15) is 9.59 Å². The molecule has 0 unspecified atom stereocenters. The summed E-state index contributed by atoms with van der Waals surface area (Å²) in [6.07, 6.45) is 1.36. The molecule has 0 aliphatic heterocycles. The van der Waals surface area contributed by atoms with Gasteiger partial charge in [-0.05, 0) is 50.1 Å². The second-order valence-corrected chi connectivity index (χ2v) is 7.15. The van der Waals surface area contributed by atoms with Crippen molar-refractivity contribution in [3.8, 4) is 0 Å². The lowest BCUT2D eigenvalue weighted by Crippen LogP contribution is -2.15. The maximum Gasteiger partial charge on any atom is 0.356 e. The molecule has 0 bridgehead atoms. The van der Waals surface area contributed by atoms with Gasteiger partial charge in [0.15, 0.2) is 5.69 Å². The lowest BCUT2D eigenvalue weighted by Gasteiger charge is -2.06. The third-order valence-electron chi connectivity index (χ3n) is 2.16. The minimum absolute atomic E-state index is 0.161.